The van der Waals surface area contributed by atoms with Crippen LogP contribution in [0, 0.1) is 29.1 Å². The predicted molar refractivity (Wildman–Crippen MR) is 114 cm³/mol. The van der Waals surface area contributed by atoms with E-state index < -0.39 is 0 Å². The third kappa shape index (κ3) is 2.60. The van der Waals surface area contributed by atoms with Gasteiger partial charge in [0.2, 0.25) is 0 Å². The SMILES string of the molecule is CCOC(=O)c1ccc(-c2ccc(/C=N\N3C(=O)[C@@H]4[C@@H](C3=O)[C@H]3C=C[C@H]4C34CC4)o2)cc1. The van der Waals surface area contributed by atoms with E-state index in [1.54, 1.807) is 43.3 Å². The topological polar surface area (TPSA) is 89.2 Å². The van der Waals surface area contributed by atoms with Crippen LogP contribution in [-0.2, 0) is 14.3 Å². The first-order chi connectivity index (χ1) is 15.5. The number of allylic oxidation sites excluding steroid dienone is 2. The third-order valence-corrected chi connectivity index (χ3v) is 7.44. The van der Waals surface area contributed by atoms with Crippen LogP contribution in [-0.4, -0.2) is 35.6 Å². The van der Waals surface area contributed by atoms with Gasteiger partial charge in [0.05, 0.1) is 30.2 Å². The van der Waals surface area contributed by atoms with E-state index in [4.69, 9.17) is 9.15 Å². The van der Waals surface area contributed by atoms with Crippen LogP contribution in [0.1, 0.15) is 35.9 Å². The first-order valence-corrected chi connectivity index (χ1v) is 11.0. The van der Waals surface area contributed by atoms with E-state index >= 15 is 0 Å². The highest BCUT2D eigenvalue weighted by atomic mass is 16.5. The molecule has 4 atom stereocenters. The second-order valence-corrected chi connectivity index (χ2v) is 8.95. The molecule has 1 aromatic carbocycles. The number of ether oxygens (including phenoxy) is 1. The third-order valence-electron chi connectivity index (χ3n) is 7.44. The van der Waals surface area contributed by atoms with Crippen LogP contribution < -0.4 is 0 Å². The van der Waals surface area contributed by atoms with Gasteiger partial charge >= 0.3 is 5.97 Å². The van der Waals surface area contributed by atoms with Crippen LogP contribution in [0.25, 0.3) is 11.3 Å². The van der Waals surface area contributed by atoms with Crippen LogP contribution >= 0.6 is 0 Å². The molecule has 2 aromatic rings. The van der Waals surface area contributed by atoms with Gasteiger partial charge in [-0.05, 0) is 61.3 Å². The van der Waals surface area contributed by atoms with Gasteiger partial charge in [-0.25, -0.2) is 4.79 Å². The van der Waals surface area contributed by atoms with Crippen molar-refractivity contribution in [2.75, 3.05) is 6.61 Å². The summed E-state index contributed by atoms with van der Waals surface area (Å²) >= 11 is 0. The number of imide groups is 1. The van der Waals surface area contributed by atoms with Gasteiger partial charge in [0, 0.05) is 5.56 Å². The highest BCUT2D eigenvalue weighted by molar-refractivity contribution is 6.07. The lowest BCUT2D eigenvalue weighted by Crippen LogP contribution is -2.30. The zero-order chi connectivity index (χ0) is 22.0. The summed E-state index contributed by atoms with van der Waals surface area (Å²) in [7, 11) is 0. The van der Waals surface area contributed by atoms with Crippen molar-refractivity contribution in [2.24, 2.45) is 34.2 Å². The Bertz CT molecular complexity index is 1150. The lowest BCUT2D eigenvalue weighted by molar-refractivity contribution is -0.141. The Morgan fingerprint density at radius 2 is 1.75 bits per heavy atom. The summed E-state index contributed by atoms with van der Waals surface area (Å²) in [5.74, 6) is 0.115. The van der Waals surface area contributed by atoms with E-state index in [9.17, 15) is 14.4 Å². The summed E-state index contributed by atoms with van der Waals surface area (Å²) in [5, 5.41) is 5.23. The molecule has 2 bridgehead atoms. The molecule has 2 amide bonds. The number of rotatable bonds is 5. The first kappa shape index (κ1) is 19.2. The lowest BCUT2D eigenvalue weighted by atomic mass is 9.85. The maximum Gasteiger partial charge on any atom is 0.338 e. The molecule has 6 rings (SSSR count). The average Bonchev–Trinajstić information content (AvgIpc) is 3.08. The van der Waals surface area contributed by atoms with Crippen LogP contribution in [0.5, 0.6) is 0 Å². The predicted octanol–water partition coefficient (Wildman–Crippen LogP) is 3.65. The van der Waals surface area contributed by atoms with E-state index in [0.717, 1.165) is 23.4 Å². The fourth-order valence-electron chi connectivity index (χ4n) is 5.85. The number of esters is 1. The average molecular weight is 430 g/mol. The van der Waals surface area contributed by atoms with E-state index in [1.807, 2.05) is 0 Å². The van der Waals surface area contributed by atoms with Gasteiger partial charge in [-0.1, -0.05) is 24.3 Å². The second-order valence-electron chi connectivity index (χ2n) is 8.95. The summed E-state index contributed by atoms with van der Waals surface area (Å²) in [6.45, 7) is 2.09. The van der Waals surface area contributed by atoms with Gasteiger partial charge in [0.15, 0.2) is 0 Å². The summed E-state index contributed by atoms with van der Waals surface area (Å²) in [6, 6.07) is 10.4. The molecule has 0 radical (unpaired) electrons. The molecule has 1 aliphatic heterocycles. The minimum Gasteiger partial charge on any atom is -0.462 e. The van der Waals surface area contributed by atoms with Gasteiger partial charge in [0.1, 0.15) is 11.5 Å². The second kappa shape index (κ2) is 6.76. The van der Waals surface area contributed by atoms with Crippen LogP contribution in [0.15, 0.2) is 58.1 Å². The Morgan fingerprint density at radius 3 is 2.34 bits per heavy atom. The van der Waals surface area contributed by atoms with E-state index in [2.05, 4.69) is 17.3 Å². The molecule has 7 nitrogen and oxygen atoms in total. The molecular weight excluding hydrogens is 408 g/mol. The molecular formula is C25H22N2O5. The number of furan rings is 1. The van der Waals surface area contributed by atoms with Crippen LogP contribution in [0.3, 0.4) is 0 Å². The molecule has 2 saturated carbocycles. The maximum atomic E-state index is 13.0. The molecule has 0 unspecified atom stereocenters. The number of nitrogens with zero attached hydrogens (tertiary/aromatic N) is 2. The Labute approximate surface area is 184 Å². The monoisotopic (exact) mass is 430 g/mol. The van der Waals surface area contributed by atoms with Gasteiger partial charge in [-0.3, -0.25) is 9.59 Å². The zero-order valence-electron chi connectivity index (χ0n) is 17.6. The number of carbonyl (C=O) groups is 3. The van der Waals surface area contributed by atoms with Crippen molar-refractivity contribution in [1.82, 2.24) is 5.01 Å². The minimum absolute atomic E-state index is 0.176. The highest BCUT2D eigenvalue weighted by Crippen LogP contribution is 2.73. The fraction of sp³-hybridized carbons (Fsp3) is 0.360. The number of carbonyl (C=O) groups excluding carboxylic acids is 3. The molecule has 1 aromatic heterocycles. The van der Waals surface area contributed by atoms with E-state index in [1.165, 1.54) is 6.21 Å². The Balaban J connectivity index is 1.17. The van der Waals surface area contributed by atoms with Crippen molar-refractivity contribution in [3.05, 3.63) is 59.9 Å². The smallest absolute Gasteiger partial charge is 0.338 e. The first-order valence-electron chi connectivity index (χ1n) is 11.0. The number of hydrogen-bond donors (Lipinski definition) is 0. The highest BCUT2D eigenvalue weighted by Gasteiger charge is 2.73. The minimum atomic E-state index is -0.368. The van der Waals surface area contributed by atoms with E-state index in [0.29, 0.717) is 23.7 Å². The number of benzene rings is 1. The summed E-state index contributed by atoms with van der Waals surface area (Å²) in [5.41, 5.74) is 1.43. The van der Waals surface area contributed by atoms with Gasteiger partial charge in [-0.15, -0.1) is 0 Å². The molecule has 1 spiro atoms. The van der Waals surface area contributed by atoms with Gasteiger partial charge in [-0.2, -0.15) is 10.1 Å². The Morgan fingerprint density at radius 1 is 1.09 bits per heavy atom. The molecule has 7 heteroatoms. The summed E-state index contributed by atoms with van der Waals surface area (Å²) < 4.78 is 10.8. The molecule has 4 aliphatic rings. The number of fused-ring (bicyclic) bond motifs is 3. The van der Waals surface area contributed by atoms with E-state index in [-0.39, 0.29) is 46.9 Å². The molecule has 32 heavy (non-hydrogen) atoms. The lowest BCUT2D eigenvalue weighted by Gasteiger charge is -2.18. The molecule has 3 fully saturated rings. The Hall–Kier alpha value is -3.48. The quantitative estimate of drug-likeness (QED) is 0.313. The standard InChI is InChI=1S/C25H22N2O5/c1-2-31-24(30)15-5-3-14(4-6-15)19-10-7-16(32-19)13-26-27-22(28)20-17-8-9-18(21(20)23(27)29)25(17)11-12-25/h3-10,13,17-18,20-21H,2,11-12H2,1H3/b26-13-/t17-,18-,20+,21+/m1/s1. The van der Waals surface area contributed by atoms with Crippen molar-refractivity contribution >= 4 is 24.0 Å². The van der Waals surface area contributed by atoms with Crippen molar-refractivity contribution in [3.8, 4) is 11.3 Å². The number of hydrazone groups is 1. The molecule has 2 heterocycles. The van der Waals surface area contributed by atoms with Crippen molar-refractivity contribution in [1.29, 1.82) is 0 Å². The van der Waals surface area contributed by atoms with Crippen molar-refractivity contribution < 1.29 is 23.5 Å². The number of amides is 2. The van der Waals surface area contributed by atoms with Crippen LogP contribution in [0.2, 0.25) is 0 Å². The van der Waals surface area contributed by atoms with Crippen molar-refractivity contribution in [3.63, 3.8) is 0 Å². The molecule has 162 valence electrons. The Kier molecular flexibility index (Phi) is 4.06. The number of hydrogen-bond acceptors (Lipinski definition) is 6. The zero-order valence-corrected chi connectivity index (χ0v) is 17.6. The normalized spacial score (nSPS) is 28.8. The van der Waals surface area contributed by atoms with Gasteiger partial charge in [0.25, 0.3) is 11.8 Å². The summed E-state index contributed by atoms with van der Waals surface area (Å²) in [6.07, 6.45) is 7.92. The largest absolute Gasteiger partial charge is 0.462 e. The van der Waals surface area contributed by atoms with Gasteiger partial charge < -0.3 is 9.15 Å². The van der Waals surface area contributed by atoms with Crippen molar-refractivity contribution in [2.45, 2.75) is 19.8 Å². The maximum absolute atomic E-state index is 13.0. The molecule has 0 N–H and O–H groups in total. The summed E-state index contributed by atoms with van der Waals surface area (Å²) in [4.78, 5) is 37.7. The molecule has 1 saturated heterocycles. The van der Waals surface area contributed by atoms with Crippen LogP contribution in [0.4, 0.5) is 0 Å². The fourth-order valence-corrected chi connectivity index (χ4v) is 5.85. The molecule has 3 aliphatic carbocycles.